The van der Waals surface area contributed by atoms with Crippen LogP contribution in [-0.4, -0.2) is 27.5 Å². The number of hydrogen-bond acceptors (Lipinski definition) is 2. The first kappa shape index (κ1) is 14.0. The van der Waals surface area contributed by atoms with E-state index in [0.29, 0.717) is 11.7 Å². The molecule has 1 N–H and O–H groups in total. The standard InChI is InChI=1S/C13H19BrN2OS/c1-3-18-11-5-4-10(7-11)15-13(17)12-6-9(14)8-16(12)2/h6,8,10-11H,3-5,7H2,1-2H3,(H,15,17). The summed E-state index contributed by atoms with van der Waals surface area (Å²) in [6.45, 7) is 2.19. The van der Waals surface area contributed by atoms with E-state index in [2.05, 4.69) is 28.2 Å². The summed E-state index contributed by atoms with van der Waals surface area (Å²) >= 11 is 5.40. The maximum atomic E-state index is 12.1. The second kappa shape index (κ2) is 6.15. The van der Waals surface area contributed by atoms with Gasteiger partial charge >= 0.3 is 0 Å². The Balaban J connectivity index is 1.91. The number of carbonyl (C=O) groups is 1. The van der Waals surface area contributed by atoms with Crippen molar-refractivity contribution in [3.8, 4) is 0 Å². The highest BCUT2D eigenvalue weighted by Crippen LogP contribution is 2.29. The molecule has 0 bridgehead atoms. The maximum absolute atomic E-state index is 12.1. The summed E-state index contributed by atoms with van der Waals surface area (Å²) in [5.74, 6) is 1.20. The van der Waals surface area contributed by atoms with Crippen LogP contribution >= 0.6 is 27.7 Å². The quantitative estimate of drug-likeness (QED) is 0.919. The Morgan fingerprint density at radius 2 is 2.39 bits per heavy atom. The van der Waals surface area contributed by atoms with Crippen LogP contribution in [0, 0.1) is 0 Å². The molecule has 1 amide bonds. The molecule has 1 aromatic heterocycles. The molecule has 0 aromatic carbocycles. The summed E-state index contributed by atoms with van der Waals surface area (Å²) < 4.78 is 2.80. The summed E-state index contributed by atoms with van der Waals surface area (Å²) in [7, 11) is 1.89. The highest BCUT2D eigenvalue weighted by atomic mass is 79.9. The van der Waals surface area contributed by atoms with Crippen LogP contribution in [0.25, 0.3) is 0 Å². The van der Waals surface area contributed by atoms with Crippen molar-refractivity contribution < 1.29 is 4.79 Å². The summed E-state index contributed by atoms with van der Waals surface area (Å²) in [4.78, 5) is 12.1. The van der Waals surface area contributed by atoms with Gasteiger partial charge in [0.05, 0.1) is 0 Å². The van der Waals surface area contributed by atoms with Crippen molar-refractivity contribution in [1.82, 2.24) is 9.88 Å². The molecule has 1 aromatic rings. The van der Waals surface area contributed by atoms with Crippen molar-refractivity contribution in [3.63, 3.8) is 0 Å². The first-order valence-corrected chi connectivity index (χ1v) is 8.18. The van der Waals surface area contributed by atoms with Gasteiger partial charge in [-0.2, -0.15) is 11.8 Å². The van der Waals surface area contributed by atoms with E-state index < -0.39 is 0 Å². The van der Waals surface area contributed by atoms with E-state index in [0.717, 1.165) is 28.3 Å². The molecule has 1 saturated carbocycles. The topological polar surface area (TPSA) is 34.0 Å². The zero-order chi connectivity index (χ0) is 13.1. The average molecular weight is 331 g/mol. The smallest absolute Gasteiger partial charge is 0.268 e. The lowest BCUT2D eigenvalue weighted by atomic mass is 10.2. The Morgan fingerprint density at radius 1 is 1.61 bits per heavy atom. The highest BCUT2D eigenvalue weighted by molar-refractivity contribution is 9.10. The minimum atomic E-state index is 0.0374. The molecule has 1 fully saturated rings. The molecular weight excluding hydrogens is 312 g/mol. The van der Waals surface area contributed by atoms with Gasteiger partial charge in [0.15, 0.2) is 0 Å². The zero-order valence-corrected chi connectivity index (χ0v) is 13.2. The summed E-state index contributed by atoms with van der Waals surface area (Å²) in [5.41, 5.74) is 0.716. The summed E-state index contributed by atoms with van der Waals surface area (Å²) in [6.07, 6.45) is 5.34. The number of thioether (sulfide) groups is 1. The number of hydrogen-bond donors (Lipinski definition) is 1. The molecule has 18 heavy (non-hydrogen) atoms. The van der Waals surface area contributed by atoms with E-state index >= 15 is 0 Å². The number of aromatic nitrogens is 1. The minimum Gasteiger partial charge on any atom is -0.348 e. The van der Waals surface area contributed by atoms with Crippen LogP contribution in [0.5, 0.6) is 0 Å². The van der Waals surface area contributed by atoms with Gasteiger partial charge in [-0.15, -0.1) is 0 Å². The Morgan fingerprint density at radius 3 is 3.00 bits per heavy atom. The maximum Gasteiger partial charge on any atom is 0.268 e. The van der Waals surface area contributed by atoms with Gasteiger partial charge in [0, 0.05) is 29.0 Å². The van der Waals surface area contributed by atoms with Crippen LogP contribution in [0.1, 0.15) is 36.7 Å². The van der Waals surface area contributed by atoms with E-state index in [1.165, 1.54) is 6.42 Å². The van der Waals surface area contributed by atoms with Gasteiger partial charge < -0.3 is 9.88 Å². The van der Waals surface area contributed by atoms with Gasteiger partial charge in [-0.3, -0.25) is 4.79 Å². The van der Waals surface area contributed by atoms with Gasteiger partial charge in [-0.05, 0) is 47.0 Å². The molecule has 0 spiro atoms. The fourth-order valence-corrected chi connectivity index (χ4v) is 4.13. The lowest BCUT2D eigenvalue weighted by Crippen LogP contribution is -2.34. The van der Waals surface area contributed by atoms with E-state index in [-0.39, 0.29) is 5.91 Å². The third kappa shape index (κ3) is 3.32. The van der Waals surface area contributed by atoms with E-state index in [1.54, 1.807) is 0 Å². The van der Waals surface area contributed by atoms with Crippen molar-refractivity contribution in [2.24, 2.45) is 7.05 Å². The SMILES string of the molecule is CCSC1CCC(NC(=O)c2cc(Br)cn2C)C1. The molecule has 1 aliphatic carbocycles. The largest absolute Gasteiger partial charge is 0.348 e. The molecule has 2 unspecified atom stereocenters. The number of rotatable bonds is 4. The second-order valence-corrected chi connectivity index (χ2v) is 7.21. The molecule has 100 valence electrons. The number of nitrogens with one attached hydrogen (secondary N) is 1. The normalized spacial score (nSPS) is 23.3. The fourth-order valence-electron chi connectivity index (χ4n) is 2.47. The number of carbonyl (C=O) groups excluding carboxylic acids is 1. The van der Waals surface area contributed by atoms with Crippen molar-refractivity contribution >= 4 is 33.6 Å². The number of nitrogens with zero attached hydrogens (tertiary/aromatic N) is 1. The molecule has 2 rings (SSSR count). The predicted molar refractivity (Wildman–Crippen MR) is 80.1 cm³/mol. The molecule has 1 aliphatic rings. The van der Waals surface area contributed by atoms with Gasteiger partial charge in [-0.25, -0.2) is 0 Å². The minimum absolute atomic E-state index is 0.0374. The van der Waals surface area contributed by atoms with Crippen LogP contribution < -0.4 is 5.32 Å². The third-order valence-corrected chi connectivity index (χ3v) is 4.99. The first-order chi connectivity index (χ1) is 8.60. The van der Waals surface area contributed by atoms with Crippen molar-refractivity contribution in [2.45, 2.75) is 37.5 Å². The van der Waals surface area contributed by atoms with Crippen LogP contribution in [0.3, 0.4) is 0 Å². The molecular formula is C13H19BrN2OS. The van der Waals surface area contributed by atoms with Gasteiger partial charge in [0.1, 0.15) is 5.69 Å². The molecule has 2 atom stereocenters. The summed E-state index contributed by atoms with van der Waals surface area (Å²) in [5, 5.41) is 3.87. The van der Waals surface area contributed by atoms with E-state index in [1.807, 2.05) is 35.6 Å². The average Bonchev–Trinajstić information content (AvgIpc) is 2.86. The highest BCUT2D eigenvalue weighted by Gasteiger charge is 2.26. The predicted octanol–water partition coefficient (Wildman–Crippen LogP) is 3.19. The van der Waals surface area contributed by atoms with Crippen LogP contribution in [0.15, 0.2) is 16.7 Å². The van der Waals surface area contributed by atoms with E-state index in [4.69, 9.17) is 0 Å². The van der Waals surface area contributed by atoms with Gasteiger partial charge in [-0.1, -0.05) is 6.92 Å². The first-order valence-electron chi connectivity index (χ1n) is 6.34. The zero-order valence-electron chi connectivity index (χ0n) is 10.8. The van der Waals surface area contributed by atoms with Crippen molar-refractivity contribution in [3.05, 3.63) is 22.4 Å². The number of amides is 1. The molecule has 3 nitrogen and oxygen atoms in total. The second-order valence-electron chi connectivity index (χ2n) is 4.72. The van der Waals surface area contributed by atoms with Crippen molar-refractivity contribution in [1.29, 1.82) is 0 Å². The number of aryl methyl sites for hydroxylation is 1. The lowest BCUT2D eigenvalue weighted by molar-refractivity contribution is 0.0930. The van der Waals surface area contributed by atoms with Crippen LogP contribution in [0.4, 0.5) is 0 Å². The monoisotopic (exact) mass is 330 g/mol. The Bertz CT molecular complexity index is 433. The van der Waals surface area contributed by atoms with Gasteiger partial charge in [0.2, 0.25) is 0 Å². The molecule has 0 radical (unpaired) electrons. The summed E-state index contributed by atoms with van der Waals surface area (Å²) in [6, 6.07) is 2.21. The van der Waals surface area contributed by atoms with Crippen molar-refractivity contribution in [2.75, 3.05) is 5.75 Å². The molecule has 0 aliphatic heterocycles. The third-order valence-electron chi connectivity index (χ3n) is 3.33. The van der Waals surface area contributed by atoms with Crippen LogP contribution in [0.2, 0.25) is 0 Å². The number of halogens is 1. The lowest BCUT2D eigenvalue weighted by Gasteiger charge is -2.13. The Labute approximate surface area is 121 Å². The molecule has 1 heterocycles. The molecule has 5 heteroatoms. The Kier molecular flexibility index (Phi) is 4.78. The Hall–Kier alpha value is -0.420. The van der Waals surface area contributed by atoms with Gasteiger partial charge in [0.25, 0.3) is 5.91 Å². The molecule has 0 saturated heterocycles. The van der Waals surface area contributed by atoms with Crippen LogP contribution in [-0.2, 0) is 7.05 Å². The fraction of sp³-hybridized carbons (Fsp3) is 0.615. The van der Waals surface area contributed by atoms with E-state index in [9.17, 15) is 4.79 Å².